The molecule has 0 radical (unpaired) electrons. The summed E-state index contributed by atoms with van der Waals surface area (Å²) in [6, 6.07) is 12.5. The standard InChI is InChI=1S/C21H22N2O6S3/c1-28-19-10-8-17(14-20(19)29-2)31(24,25)22-16-7-9-18-15(13-16)5-3-11-23(18)32(26,27)21-6-4-12-30-21/h4,6-10,12-14,22H,3,5,11H2,1-2H3. The van der Waals surface area contributed by atoms with Crippen LogP contribution in [0.15, 0.2) is 63.0 Å². The number of methoxy groups -OCH3 is 2. The maximum atomic E-state index is 13.0. The van der Waals surface area contributed by atoms with Crippen LogP contribution in [-0.2, 0) is 26.5 Å². The Hall–Kier alpha value is -2.76. The van der Waals surface area contributed by atoms with Crippen LogP contribution in [0, 0.1) is 0 Å². The van der Waals surface area contributed by atoms with Crippen LogP contribution in [0.3, 0.4) is 0 Å². The van der Waals surface area contributed by atoms with Crippen molar-refractivity contribution in [3.8, 4) is 11.5 Å². The zero-order chi connectivity index (χ0) is 22.9. The first-order valence-corrected chi connectivity index (χ1v) is 13.5. The van der Waals surface area contributed by atoms with Crippen molar-refractivity contribution in [2.24, 2.45) is 0 Å². The van der Waals surface area contributed by atoms with E-state index in [0.29, 0.717) is 42.3 Å². The van der Waals surface area contributed by atoms with Gasteiger partial charge in [0.25, 0.3) is 20.0 Å². The van der Waals surface area contributed by atoms with Crippen LogP contribution < -0.4 is 18.5 Å². The number of hydrogen-bond acceptors (Lipinski definition) is 7. The van der Waals surface area contributed by atoms with Gasteiger partial charge in [-0.1, -0.05) is 6.07 Å². The molecule has 0 unspecified atom stereocenters. The summed E-state index contributed by atoms with van der Waals surface area (Å²) in [5.41, 5.74) is 1.69. The van der Waals surface area contributed by atoms with E-state index in [4.69, 9.17) is 9.47 Å². The van der Waals surface area contributed by atoms with Gasteiger partial charge in [0.1, 0.15) is 4.21 Å². The number of benzene rings is 2. The van der Waals surface area contributed by atoms with Crippen LogP contribution in [0.5, 0.6) is 11.5 Å². The zero-order valence-electron chi connectivity index (χ0n) is 17.4. The van der Waals surface area contributed by atoms with Gasteiger partial charge in [-0.05, 0) is 60.2 Å². The molecule has 3 aromatic rings. The third-order valence-electron chi connectivity index (χ3n) is 5.11. The fourth-order valence-electron chi connectivity index (χ4n) is 3.59. The van der Waals surface area contributed by atoms with Crippen LogP contribution in [0.2, 0.25) is 0 Å². The largest absolute Gasteiger partial charge is 0.493 e. The number of hydrogen-bond donors (Lipinski definition) is 1. The Balaban J connectivity index is 1.63. The van der Waals surface area contributed by atoms with Gasteiger partial charge in [-0.25, -0.2) is 16.8 Å². The van der Waals surface area contributed by atoms with Gasteiger partial charge < -0.3 is 9.47 Å². The molecule has 8 nitrogen and oxygen atoms in total. The summed E-state index contributed by atoms with van der Waals surface area (Å²) in [4.78, 5) is 0.0229. The number of aryl methyl sites for hydroxylation is 1. The minimum Gasteiger partial charge on any atom is -0.493 e. The molecule has 0 atom stereocenters. The summed E-state index contributed by atoms with van der Waals surface area (Å²) >= 11 is 1.17. The van der Waals surface area contributed by atoms with E-state index in [0.717, 1.165) is 5.56 Å². The van der Waals surface area contributed by atoms with E-state index in [-0.39, 0.29) is 9.10 Å². The Morgan fingerprint density at radius 1 is 0.969 bits per heavy atom. The van der Waals surface area contributed by atoms with Crippen molar-refractivity contribution in [1.82, 2.24) is 0 Å². The first kappa shape index (κ1) is 22.4. The molecule has 1 aliphatic rings. The maximum Gasteiger partial charge on any atom is 0.273 e. The van der Waals surface area contributed by atoms with Gasteiger partial charge in [-0.15, -0.1) is 11.3 Å². The average molecular weight is 495 g/mol. The van der Waals surface area contributed by atoms with Gasteiger partial charge in [0.05, 0.1) is 24.8 Å². The van der Waals surface area contributed by atoms with E-state index in [2.05, 4.69) is 4.72 Å². The monoisotopic (exact) mass is 494 g/mol. The number of nitrogens with zero attached hydrogens (tertiary/aromatic N) is 1. The average Bonchev–Trinajstić information content (AvgIpc) is 3.33. The second-order valence-corrected chi connectivity index (χ2v) is 11.8. The highest BCUT2D eigenvalue weighted by atomic mass is 32.2. The third-order valence-corrected chi connectivity index (χ3v) is 9.68. The number of nitrogens with one attached hydrogen (secondary N) is 1. The van der Waals surface area contributed by atoms with E-state index in [1.54, 1.807) is 35.7 Å². The third kappa shape index (κ3) is 4.15. The molecule has 170 valence electrons. The molecule has 0 bridgehead atoms. The van der Waals surface area contributed by atoms with Crippen molar-refractivity contribution in [1.29, 1.82) is 0 Å². The quantitative estimate of drug-likeness (QED) is 0.537. The molecule has 0 saturated heterocycles. The van der Waals surface area contributed by atoms with Crippen LogP contribution in [0.1, 0.15) is 12.0 Å². The van der Waals surface area contributed by atoms with Gasteiger partial charge in [0.2, 0.25) is 0 Å². The molecule has 0 amide bonds. The Morgan fingerprint density at radius 3 is 2.44 bits per heavy atom. The molecule has 0 saturated carbocycles. The highest BCUT2D eigenvalue weighted by Gasteiger charge is 2.30. The topological polar surface area (TPSA) is 102 Å². The summed E-state index contributed by atoms with van der Waals surface area (Å²) in [6.45, 7) is 0.379. The number of rotatable bonds is 7. The molecule has 4 rings (SSSR count). The molecule has 2 heterocycles. The van der Waals surface area contributed by atoms with Crippen LogP contribution >= 0.6 is 11.3 Å². The number of fused-ring (bicyclic) bond motifs is 1. The van der Waals surface area contributed by atoms with E-state index in [1.807, 2.05) is 0 Å². The fourth-order valence-corrected chi connectivity index (χ4v) is 7.30. The normalized spacial score (nSPS) is 14.0. The second-order valence-electron chi connectivity index (χ2n) is 7.08. The van der Waals surface area contributed by atoms with E-state index >= 15 is 0 Å². The lowest BCUT2D eigenvalue weighted by atomic mass is 10.0. The summed E-state index contributed by atoms with van der Waals surface area (Å²) in [5, 5.41) is 1.73. The Labute approximate surface area is 191 Å². The highest BCUT2D eigenvalue weighted by Crippen LogP contribution is 2.36. The minimum atomic E-state index is -3.89. The van der Waals surface area contributed by atoms with E-state index in [1.165, 1.54) is 48.1 Å². The lowest BCUT2D eigenvalue weighted by Gasteiger charge is -2.30. The molecule has 32 heavy (non-hydrogen) atoms. The van der Waals surface area contributed by atoms with E-state index < -0.39 is 20.0 Å². The molecule has 11 heteroatoms. The molecule has 1 aromatic heterocycles. The Bertz CT molecular complexity index is 1340. The number of ether oxygens (including phenoxy) is 2. The van der Waals surface area contributed by atoms with Gasteiger partial charge in [-0.3, -0.25) is 9.03 Å². The van der Waals surface area contributed by atoms with Crippen molar-refractivity contribution in [2.45, 2.75) is 21.9 Å². The van der Waals surface area contributed by atoms with Gasteiger partial charge in [0, 0.05) is 18.3 Å². The summed E-state index contributed by atoms with van der Waals surface area (Å²) in [5.74, 6) is 0.725. The van der Waals surface area contributed by atoms with Crippen molar-refractivity contribution >= 4 is 42.8 Å². The summed E-state index contributed by atoms with van der Waals surface area (Å²) in [6.07, 6.45) is 1.29. The first-order valence-electron chi connectivity index (χ1n) is 9.70. The lowest BCUT2D eigenvalue weighted by Crippen LogP contribution is -2.35. The van der Waals surface area contributed by atoms with Gasteiger partial charge >= 0.3 is 0 Å². The highest BCUT2D eigenvalue weighted by molar-refractivity contribution is 7.94. The number of anilines is 2. The minimum absolute atomic E-state index is 0.0229. The van der Waals surface area contributed by atoms with Crippen LogP contribution in [0.25, 0.3) is 0 Å². The zero-order valence-corrected chi connectivity index (χ0v) is 19.9. The molecule has 1 aliphatic heterocycles. The first-order chi connectivity index (χ1) is 15.3. The molecule has 0 spiro atoms. The van der Waals surface area contributed by atoms with Crippen molar-refractivity contribution in [3.05, 3.63) is 59.5 Å². The number of sulfonamides is 2. The molecular formula is C21H22N2O6S3. The predicted molar refractivity (Wildman–Crippen MR) is 124 cm³/mol. The molecular weight excluding hydrogens is 472 g/mol. The van der Waals surface area contributed by atoms with Crippen LogP contribution in [-0.4, -0.2) is 37.6 Å². The SMILES string of the molecule is COc1ccc(S(=O)(=O)Nc2ccc3c(c2)CCCN3S(=O)(=O)c2cccs2)cc1OC. The molecule has 0 aliphatic carbocycles. The molecule has 1 N–H and O–H groups in total. The fraction of sp³-hybridized carbons (Fsp3) is 0.238. The number of thiophene rings is 1. The van der Waals surface area contributed by atoms with Crippen molar-refractivity contribution in [3.63, 3.8) is 0 Å². The Kier molecular flexibility index (Phi) is 6.06. The predicted octanol–water partition coefficient (Wildman–Crippen LogP) is 3.71. The van der Waals surface area contributed by atoms with Crippen LogP contribution in [0.4, 0.5) is 11.4 Å². The second kappa shape index (κ2) is 8.64. The molecule has 2 aromatic carbocycles. The lowest BCUT2D eigenvalue weighted by molar-refractivity contribution is 0.354. The van der Waals surface area contributed by atoms with Crippen molar-refractivity contribution in [2.75, 3.05) is 29.8 Å². The van der Waals surface area contributed by atoms with Gasteiger partial charge in [0.15, 0.2) is 11.5 Å². The summed E-state index contributed by atoms with van der Waals surface area (Å²) < 4.78 is 66.4. The molecule has 0 fully saturated rings. The van der Waals surface area contributed by atoms with Gasteiger partial charge in [-0.2, -0.15) is 0 Å². The maximum absolute atomic E-state index is 13.0. The smallest absolute Gasteiger partial charge is 0.273 e. The summed E-state index contributed by atoms with van der Waals surface area (Å²) in [7, 11) is -4.64. The Morgan fingerprint density at radius 2 is 1.75 bits per heavy atom. The van der Waals surface area contributed by atoms with E-state index in [9.17, 15) is 16.8 Å². The van der Waals surface area contributed by atoms with Crippen molar-refractivity contribution < 1.29 is 26.3 Å².